The summed E-state index contributed by atoms with van der Waals surface area (Å²) < 4.78 is 14.5. The van der Waals surface area contributed by atoms with Crippen molar-refractivity contribution >= 4 is 38.3 Å². The predicted octanol–water partition coefficient (Wildman–Crippen LogP) is 11.0. The predicted molar refractivity (Wildman–Crippen MR) is 234 cm³/mol. The van der Waals surface area contributed by atoms with Gasteiger partial charge in [-0.3, -0.25) is 4.79 Å². The van der Waals surface area contributed by atoms with Gasteiger partial charge in [-0.1, -0.05) is 212 Å². The van der Waals surface area contributed by atoms with Crippen LogP contribution in [-0.2, 0) is 25.0 Å². The Bertz CT molecular complexity index is 1960. The highest BCUT2D eigenvalue weighted by molar-refractivity contribution is 8.03. The molecule has 0 bridgehead atoms. The lowest BCUT2D eigenvalue weighted by molar-refractivity contribution is 0.102. The van der Waals surface area contributed by atoms with E-state index >= 15 is 0 Å². The second kappa shape index (κ2) is 17.1. The van der Waals surface area contributed by atoms with Crippen LogP contribution in [0.25, 0.3) is 0 Å². The van der Waals surface area contributed by atoms with Gasteiger partial charge in [0.2, 0.25) is 5.78 Å². The second-order valence-electron chi connectivity index (χ2n) is 16.7. The molecule has 0 N–H and O–H groups in total. The third-order valence-corrected chi connectivity index (χ3v) is 13.8. The second-order valence-corrected chi connectivity index (χ2v) is 19.3. The van der Waals surface area contributed by atoms with Gasteiger partial charge in [0.15, 0.2) is 25.5 Å². The van der Waals surface area contributed by atoms with E-state index in [0.717, 1.165) is 6.42 Å². The van der Waals surface area contributed by atoms with E-state index in [1.165, 1.54) is 27.5 Å². The smallest absolute Gasteiger partial charge is 0.212 e. The summed E-state index contributed by atoms with van der Waals surface area (Å²) in [5.74, 6) is 0.411. The lowest BCUT2D eigenvalue weighted by Gasteiger charge is -2.48. The van der Waals surface area contributed by atoms with Crippen LogP contribution in [0.5, 0.6) is 0 Å². The molecule has 6 aromatic carbocycles. The number of ketones is 1. The van der Waals surface area contributed by atoms with Crippen molar-refractivity contribution in [1.82, 2.24) is 0 Å². The lowest BCUT2D eigenvalue weighted by Crippen LogP contribution is -2.69. The average Bonchev–Trinajstić information content (AvgIpc) is 3.19. The largest absolute Gasteiger partial charge is 0.289 e. The van der Waals surface area contributed by atoms with Gasteiger partial charge in [0.1, 0.15) is 0 Å². The topological polar surface area (TPSA) is 34.1 Å². The fourth-order valence-electron chi connectivity index (χ4n) is 7.73. The molecule has 0 aliphatic rings. The molecule has 0 saturated heterocycles. The van der Waals surface area contributed by atoms with Gasteiger partial charge >= 0.3 is 0 Å². The summed E-state index contributed by atoms with van der Waals surface area (Å²) >= 11 is 0. The fourth-order valence-corrected chi connectivity index (χ4v) is 10.0. The molecule has 0 radical (unpaired) electrons. The quantitative estimate of drug-likeness (QED) is 0.0798. The highest BCUT2D eigenvalue weighted by atomic mass is 32.2. The van der Waals surface area contributed by atoms with Gasteiger partial charge in [-0.15, -0.1) is 0 Å². The highest BCUT2D eigenvalue weighted by Crippen LogP contribution is 2.34. The van der Waals surface area contributed by atoms with E-state index in [1.807, 2.05) is 66.7 Å². The first kappa shape index (κ1) is 40.4. The summed E-state index contributed by atoms with van der Waals surface area (Å²) in [7, 11) is -2.77. The summed E-state index contributed by atoms with van der Waals surface area (Å²) in [5.41, 5.74) is 7.25. The van der Waals surface area contributed by atoms with E-state index in [-0.39, 0.29) is 22.4 Å². The number of rotatable bonds is 10. The van der Waals surface area contributed by atoms with Crippen LogP contribution in [0.1, 0.15) is 83.3 Å². The molecule has 2 nitrogen and oxygen atoms in total. The molecule has 0 aliphatic carbocycles. The summed E-state index contributed by atoms with van der Waals surface area (Å²) in [6.45, 7) is 17.6. The van der Waals surface area contributed by atoms with Crippen LogP contribution in [0, 0.1) is 0 Å². The minimum atomic E-state index is -2.77. The molecule has 54 heavy (non-hydrogen) atoms. The molecule has 0 spiro atoms. The number of carbonyl (C=O) groups is 1. The molecule has 0 aromatic heterocycles. The van der Waals surface area contributed by atoms with Crippen LogP contribution in [-0.4, -0.2) is 17.7 Å². The molecule has 278 valence electrons. The standard InChI is InChI=1S/C28H33O2S.C22H24B/c1-27(2,3)22-12-16-24(17-13-22)31(30,20-26(29)21-10-8-7-9-11-21)25-18-14-23(15-19-25)28(4,5)6;1-3-19(2)23(20-13-7-4-8-14-20,21-15-9-5-10-16-21)22-17-11-6-12-18-22/h7-19H,20H2,1-6H3;4-19H,3H2,1-2H3/q+1;-1. The first-order valence-electron chi connectivity index (χ1n) is 19.3. The Balaban J connectivity index is 0.000000217. The van der Waals surface area contributed by atoms with Gasteiger partial charge in [0.25, 0.3) is 0 Å². The fraction of sp³-hybridized carbons (Fsp3) is 0.260. The summed E-state index contributed by atoms with van der Waals surface area (Å²) in [6, 6.07) is 58.1. The molecule has 0 heterocycles. The molecule has 0 aliphatic heterocycles. The molecule has 0 saturated carbocycles. The van der Waals surface area contributed by atoms with Gasteiger partial charge in [-0.05, 0) is 46.2 Å². The van der Waals surface area contributed by atoms with E-state index < -0.39 is 16.1 Å². The van der Waals surface area contributed by atoms with Gasteiger partial charge in [-0.25, -0.2) is 0 Å². The van der Waals surface area contributed by atoms with E-state index in [1.54, 1.807) is 12.1 Å². The molecule has 4 heteroatoms. The van der Waals surface area contributed by atoms with E-state index in [4.69, 9.17) is 0 Å². The maximum absolute atomic E-state index is 14.5. The molecular weight excluding hydrogens is 675 g/mol. The van der Waals surface area contributed by atoms with Crippen molar-refractivity contribution in [1.29, 1.82) is 0 Å². The molecule has 1 unspecified atom stereocenters. The van der Waals surface area contributed by atoms with Gasteiger partial charge in [0.05, 0.1) is 6.15 Å². The first-order valence-corrected chi connectivity index (χ1v) is 21.1. The van der Waals surface area contributed by atoms with Crippen molar-refractivity contribution in [3.8, 4) is 0 Å². The Labute approximate surface area is 326 Å². The maximum atomic E-state index is 14.5. The minimum absolute atomic E-state index is 0.00756. The van der Waals surface area contributed by atoms with Crippen LogP contribution in [0.4, 0.5) is 0 Å². The van der Waals surface area contributed by atoms with Crippen LogP contribution in [0.15, 0.2) is 180 Å². The van der Waals surface area contributed by atoms with Crippen LogP contribution in [0.2, 0.25) is 5.82 Å². The monoisotopic (exact) mass is 732 g/mol. The average molecular weight is 733 g/mol. The van der Waals surface area contributed by atoms with E-state index in [2.05, 4.69) is 146 Å². The number of hydrogen-bond donors (Lipinski definition) is 0. The van der Waals surface area contributed by atoms with Gasteiger partial charge in [-0.2, -0.15) is 22.2 Å². The SMILES string of the molecule is CC(C)(C)c1ccc([S+](=O)(CC(=O)c2ccccc2)c2ccc(C(C)(C)C)cc2)cc1.CCC(C)[B-](c1ccccc1)(c1ccccc1)c1ccccc1. The summed E-state index contributed by atoms with van der Waals surface area (Å²) in [6.07, 6.45) is 0.177. The number of benzene rings is 6. The lowest BCUT2D eigenvalue weighted by atomic mass is 9.10. The van der Waals surface area contributed by atoms with Crippen molar-refractivity contribution in [2.75, 3.05) is 5.75 Å². The third kappa shape index (κ3) is 8.93. The van der Waals surface area contributed by atoms with Crippen LogP contribution in [0.3, 0.4) is 0 Å². The Kier molecular flexibility index (Phi) is 12.8. The van der Waals surface area contributed by atoms with Crippen LogP contribution < -0.4 is 16.4 Å². The third-order valence-electron chi connectivity index (χ3n) is 11.1. The van der Waals surface area contributed by atoms with E-state index in [9.17, 15) is 9.00 Å². The normalized spacial score (nSPS) is 12.7. The molecular formula is C50H57BO2S. The maximum Gasteiger partial charge on any atom is 0.212 e. The van der Waals surface area contributed by atoms with Crippen molar-refractivity contribution in [2.24, 2.45) is 0 Å². The van der Waals surface area contributed by atoms with Crippen molar-refractivity contribution in [3.63, 3.8) is 0 Å². The Morgan fingerprint density at radius 1 is 0.519 bits per heavy atom. The van der Waals surface area contributed by atoms with Crippen molar-refractivity contribution < 1.29 is 9.00 Å². The van der Waals surface area contributed by atoms with Gasteiger partial charge < -0.3 is 0 Å². The zero-order valence-corrected chi connectivity index (χ0v) is 34.3. The Morgan fingerprint density at radius 3 is 1.13 bits per heavy atom. The zero-order chi connectivity index (χ0) is 39.0. The highest BCUT2D eigenvalue weighted by Gasteiger charge is 2.38. The minimum Gasteiger partial charge on any atom is -0.289 e. The molecule has 6 aromatic rings. The number of Topliss-reactive ketones (excluding diaryl/α,β-unsaturated/α-hetero) is 1. The van der Waals surface area contributed by atoms with E-state index in [0.29, 0.717) is 21.2 Å². The molecule has 6 rings (SSSR count). The van der Waals surface area contributed by atoms with Gasteiger partial charge in [0, 0.05) is 5.56 Å². The summed E-state index contributed by atoms with van der Waals surface area (Å²) in [4.78, 5) is 14.5. The molecule has 0 fully saturated rings. The Hall–Kier alpha value is -4.80. The van der Waals surface area contributed by atoms with Crippen LogP contribution >= 0.6 is 0 Å². The Morgan fingerprint density at radius 2 is 0.833 bits per heavy atom. The number of hydrogen-bond acceptors (Lipinski definition) is 2. The van der Waals surface area contributed by atoms with Crippen molar-refractivity contribution in [2.45, 2.75) is 88.2 Å². The summed E-state index contributed by atoms with van der Waals surface area (Å²) in [5, 5.41) is 0. The molecule has 0 amide bonds. The molecule has 1 atom stereocenters. The number of carbonyl (C=O) groups excluding carboxylic acids is 1. The van der Waals surface area contributed by atoms with Crippen molar-refractivity contribution in [3.05, 3.63) is 187 Å². The zero-order valence-electron chi connectivity index (χ0n) is 33.5. The first-order chi connectivity index (χ1) is 25.7.